The highest BCUT2D eigenvalue weighted by atomic mass is 16.5. The van der Waals surface area contributed by atoms with E-state index in [0.29, 0.717) is 5.92 Å². The van der Waals surface area contributed by atoms with Gasteiger partial charge in [-0.3, -0.25) is 0 Å². The van der Waals surface area contributed by atoms with Crippen LogP contribution in [0.5, 0.6) is 0 Å². The second-order valence-corrected chi connectivity index (χ2v) is 4.99. The maximum absolute atomic E-state index is 5.05. The lowest BCUT2D eigenvalue weighted by Crippen LogP contribution is -2.12. The van der Waals surface area contributed by atoms with Crippen LogP contribution in [0, 0.1) is 0 Å². The minimum Gasteiger partial charge on any atom is -0.385 e. The third kappa shape index (κ3) is 4.10. The molecule has 1 aromatic carbocycles. The molecule has 1 unspecified atom stereocenters. The smallest absolute Gasteiger partial charge is 0.202 e. The molecule has 0 fully saturated rings. The molecule has 1 atom stereocenters. The molecule has 0 bridgehead atoms. The quantitative estimate of drug-likeness (QED) is 0.751. The van der Waals surface area contributed by atoms with Crippen molar-refractivity contribution < 1.29 is 4.74 Å². The van der Waals surface area contributed by atoms with Gasteiger partial charge in [0.15, 0.2) is 0 Å². The van der Waals surface area contributed by atoms with Gasteiger partial charge in [0.05, 0.1) is 0 Å². The molecule has 0 amide bonds. The van der Waals surface area contributed by atoms with Crippen LogP contribution in [-0.4, -0.2) is 29.8 Å². The molecule has 1 N–H and O–H groups in total. The Morgan fingerprint density at radius 3 is 2.85 bits per heavy atom. The van der Waals surface area contributed by atoms with Gasteiger partial charge in [-0.25, -0.2) is 4.98 Å². The van der Waals surface area contributed by atoms with E-state index in [4.69, 9.17) is 4.74 Å². The number of rotatable bonds is 8. The van der Waals surface area contributed by atoms with Crippen molar-refractivity contribution in [2.45, 2.75) is 25.8 Å². The summed E-state index contributed by atoms with van der Waals surface area (Å²) in [7, 11) is 1.72. The van der Waals surface area contributed by atoms with Crippen LogP contribution in [0.4, 0.5) is 5.95 Å². The summed E-state index contributed by atoms with van der Waals surface area (Å²) in [4.78, 5) is 4.37. The third-order valence-corrected chi connectivity index (χ3v) is 3.36. The molecule has 0 saturated heterocycles. The van der Waals surface area contributed by atoms with E-state index in [-0.39, 0.29) is 0 Å². The Morgan fingerprint density at radius 1 is 1.30 bits per heavy atom. The average Bonchev–Trinajstić information content (AvgIpc) is 2.92. The predicted molar refractivity (Wildman–Crippen MR) is 82.1 cm³/mol. The van der Waals surface area contributed by atoms with Crippen LogP contribution < -0.4 is 5.32 Å². The number of anilines is 1. The number of benzene rings is 1. The van der Waals surface area contributed by atoms with E-state index < -0.39 is 0 Å². The van der Waals surface area contributed by atoms with Crippen LogP contribution in [0.1, 0.15) is 24.8 Å². The van der Waals surface area contributed by atoms with Gasteiger partial charge in [-0.05, 0) is 17.9 Å². The molecule has 0 spiro atoms. The summed E-state index contributed by atoms with van der Waals surface area (Å²) < 4.78 is 7.22. The van der Waals surface area contributed by atoms with Crippen LogP contribution in [0.3, 0.4) is 0 Å². The van der Waals surface area contributed by atoms with Gasteiger partial charge >= 0.3 is 0 Å². The number of nitrogens with zero attached hydrogens (tertiary/aromatic N) is 2. The molecule has 0 aliphatic rings. The second-order valence-electron chi connectivity index (χ2n) is 4.99. The zero-order valence-corrected chi connectivity index (χ0v) is 12.2. The molecule has 4 nitrogen and oxygen atoms in total. The fraction of sp³-hybridized carbons (Fsp3) is 0.438. The van der Waals surface area contributed by atoms with Gasteiger partial charge in [0.2, 0.25) is 5.95 Å². The fourth-order valence-corrected chi connectivity index (χ4v) is 2.22. The Kier molecular flexibility index (Phi) is 5.62. The van der Waals surface area contributed by atoms with Crippen molar-refractivity contribution in [3.63, 3.8) is 0 Å². The maximum atomic E-state index is 5.05. The van der Waals surface area contributed by atoms with E-state index in [1.807, 2.05) is 12.4 Å². The topological polar surface area (TPSA) is 39.1 Å². The second kappa shape index (κ2) is 7.70. The van der Waals surface area contributed by atoms with Crippen LogP contribution in [-0.2, 0) is 11.3 Å². The van der Waals surface area contributed by atoms with Crippen LogP contribution in [0.15, 0.2) is 42.7 Å². The zero-order chi connectivity index (χ0) is 14.2. The van der Waals surface area contributed by atoms with Gasteiger partial charge in [0.25, 0.3) is 0 Å². The highest BCUT2D eigenvalue weighted by Crippen LogP contribution is 2.18. The molecule has 1 heterocycles. The number of ether oxygens (including phenoxy) is 1. The summed E-state index contributed by atoms with van der Waals surface area (Å²) in [6.45, 7) is 4.82. The summed E-state index contributed by atoms with van der Waals surface area (Å²) in [5.74, 6) is 1.40. The van der Waals surface area contributed by atoms with Gasteiger partial charge in [0.1, 0.15) is 0 Å². The van der Waals surface area contributed by atoms with E-state index in [9.17, 15) is 0 Å². The summed E-state index contributed by atoms with van der Waals surface area (Å²) in [6.07, 6.45) is 4.85. The summed E-state index contributed by atoms with van der Waals surface area (Å²) >= 11 is 0. The Labute approximate surface area is 120 Å². The number of hydrogen-bond donors (Lipinski definition) is 1. The lowest BCUT2D eigenvalue weighted by molar-refractivity contribution is 0.197. The molecule has 20 heavy (non-hydrogen) atoms. The Morgan fingerprint density at radius 2 is 2.10 bits per heavy atom. The van der Waals surface area contributed by atoms with Gasteiger partial charge < -0.3 is 14.6 Å². The van der Waals surface area contributed by atoms with Crippen molar-refractivity contribution in [3.8, 4) is 0 Å². The number of nitrogens with one attached hydrogen (secondary N) is 1. The first-order chi connectivity index (χ1) is 9.81. The van der Waals surface area contributed by atoms with Gasteiger partial charge in [-0.15, -0.1) is 0 Å². The molecule has 0 aliphatic carbocycles. The molecular weight excluding hydrogens is 250 g/mol. The van der Waals surface area contributed by atoms with Crippen LogP contribution in [0.25, 0.3) is 0 Å². The van der Waals surface area contributed by atoms with Gasteiger partial charge in [0, 0.05) is 39.2 Å². The lowest BCUT2D eigenvalue weighted by Gasteiger charge is -2.15. The Bertz CT molecular complexity index is 495. The summed E-state index contributed by atoms with van der Waals surface area (Å²) in [5, 5.41) is 3.36. The van der Waals surface area contributed by atoms with Crippen molar-refractivity contribution in [1.29, 1.82) is 0 Å². The third-order valence-electron chi connectivity index (χ3n) is 3.36. The number of hydrogen-bond acceptors (Lipinski definition) is 3. The molecular formula is C16H23N3O. The SMILES string of the molecule is COCCCNc1nccn1CC(C)c1ccccc1. The summed E-state index contributed by atoms with van der Waals surface area (Å²) in [6, 6.07) is 10.6. The molecule has 0 radical (unpaired) electrons. The van der Waals surface area contributed by atoms with Crippen LogP contribution >= 0.6 is 0 Å². The van der Waals surface area contributed by atoms with Crippen molar-refractivity contribution in [2.24, 2.45) is 0 Å². The molecule has 4 heteroatoms. The molecule has 2 rings (SSSR count). The molecule has 0 aliphatic heterocycles. The number of methoxy groups -OCH3 is 1. The van der Waals surface area contributed by atoms with E-state index in [1.165, 1.54) is 5.56 Å². The fourth-order valence-electron chi connectivity index (χ4n) is 2.22. The van der Waals surface area contributed by atoms with Crippen molar-refractivity contribution >= 4 is 5.95 Å². The van der Waals surface area contributed by atoms with Crippen LogP contribution in [0.2, 0.25) is 0 Å². The van der Waals surface area contributed by atoms with E-state index in [1.54, 1.807) is 7.11 Å². The van der Waals surface area contributed by atoms with Crippen molar-refractivity contribution in [2.75, 3.05) is 25.6 Å². The van der Waals surface area contributed by atoms with E-state index in [2.05, 4.69) is 52.1 Å². The first-order valence-corrected chi connectivity index (χ1v) is 7.10. The molecule has 2 aromatic rings. The monoisotopic (exact) mass is 273 g/mol. The van der Waals surface area contributed by atoms with E-state index in [0.717, 1.165) is 32.1 Å². The Hall–Kier alpha value is -1.81. The molecule has 1 aromatic heterocycles. The van der Waals surface area contributed by atoms with E-state index >= 15 is 0 Å². The largest absolute Gasteiger partial charge is 0.385 e. The number of imidazole rings is 1. The van der Waals surface area contributed by atoms with Crippen molar-refractivity contribution in [3.05, 3.63) is 48.3 Å². The first-order valence-electron chi connectivity index (χ1n) is 7.10. The minimum absolute atomic E-state index is 0.463. The standard InChI is InChI=1S/C16H23N3O/c1-14(15-7-4-3-5-8-15)13-19-11-10-18-16(19)17-9-6-12-20-2/h3-5,7-8,10-11,14H,6,9,12-13H2,1-2H3,(H,17,18). The number of aromatic nitrogens is 2. The minimum atomic E-state index is 0.463. The normalized spacial score (nSPS) is 12.3. The lowest BCUT2D eigenvalue weighted by atomic mass is 10.0. The Balaban J connectivity index is 1.91. The van der Waals surface area contributed by atoms with Gasteiger partial charge in [-0.2, -0.15) is 0 Å². The maximum Gasteiger partial charge on any atom is 0.202 e. The highest BCUT2D eigenvalue weighted by molar-refractivity contribution is 5.27. The first kappa shape index (κ1) is 14.6. The molecule has 0 saturated carbocycles. The summed E-state index contributed by atoms with van der Waals surface area (Å²) in [5.41, 5.74) is 1.35. The zero-order valence-electron chi connectivity index (χ0n) is 12.2. The predicted octanol–water partition coefficient (Wildman–Crippen LogP) is 3.14. The average molecular weight is 273 g/mol. The van der Waals surface area contributed by atoms with Gasteiger partial charge in [-0.1, -0.05) is 37.3 Å². The van der Waals surface area contributed by atoms with Crippen molar-refractivity contribution in [1.82, 2.24) is 9.55 Å². The highest BCUT2D eigenvalue weighted by Gasteiger charge is 2.08. The molecule has 108 valence electrons.